The van der Waals surface area contributed by atoms with Crippen LogP contribution in [0.1, 0.15) is 73.2 Å². The number of carboxylic acids is 1. The fraction of sp³-hybridized carbons (Fsp3) is 0.706. The smallest absolute Gasteiger partial charge is 0.329 e. The van der Waals surface area contributed by atoms with Crippen molar-refractivity contribution in [2.24, 2.45) is 0 Å². The van der Waals surface area contributed by atoms with Crippen molar-refractivity contribution in [3.05, 3.63) is 17.0 Å². The maximum atomic E-state index is 12.9. The van der Waals surface area contributed by atoms with E-state index in [-0.39, 0.29) is 5.91 Å². The van der Waals surface area contributed by atoms with E-state index in [1.54, 1.807) is 7.05 Å². The summed E-state index contributed by atoms with van der Waals surface area (Å²) in [6.45, 7) is 0. The van der Waals surface area contributed by atoms with Crippen molar-refractivity contribution in [3.8, 4) is 0 Å². The van der Waals surface area contributed by atoms with Crippen molar-refractivity contribution in [2.75, 3.05) is 7.05 Å². The van der Waals surface area contributed by atoms with Gasteiger partial charge >= 0.3 is 5.97 Å². The first-order chi connectivity index (χ1) is 11.1. The van der Waals surface area contributed by atoms with Gasteiger partial charge in [-0.3, -0.25) is 4.79 Å². The Morgan fingerprint density at radius 2 is 1.74 bits per heavy atom. The molecular weight excluding hydrogens is 296 g/mol. The molecule has 1 aromatic heterocycles. The van der Waals surface area contributed by atoms with Gasteiger partial charge in [0.1, 0.15) is 11.3 Å². The molecule has 126 valence electrons. The summed E-state index contributed by atoms with van der Waals surface area (Å²) in [4.78, 5) is 26.2. The van der Waals surface area contributed by atoms with Crippen LogP contribution in [0.3, 0.4) is 0 Å². The first-order valence-electron chi connectivity index (χ1n) is 8.55. The number of hydrogen-bond donors (Lipinski definition) is 1. The Bertz CT molecular complexity index is 602. The third-order valence-electron chi connectivity index (χ3n) is 5.43. The maximum Gasteiger partial charge on any atom is 0.329 e. The van der Waals surface area contributed by atoms with Crippen LogP contribution in [0.25, 0.3) is 0 Å². The van der Waals surface area contributed by atoms with Gasteiger partial charge in [-0.25, -0.2) is 4.79 Å². The van der Waals surface area contributed by atoms with E-state index in [1.165, 1.54) is 4.90 Å². The first-order valence-corrected chi connectivity index (χ1v) is 8.55. The van der Waals surface area contributed by atoms with Gasteiger partial charge in [0.05, 0.1) is 0 Å². The number of aromatic nitrogens is 1. The quantitative estimate of drug-likeness (QED) is 0.866. The Hall–Kier alpha value is -1.85. The molecule has 3 rings (SSSR count). The lowest BCUT2D eigenvalue weighted by Crippen LogP contribution is -2.56. The van der Waals surface area contributed by atoms with E-state index in [4.69, 9.17) is 4.52 Å². The van der Waals surface area contributed by atoms with Crippen molar-refractivity contribution in [2.45, 2.75) is 69.7 Å². The molecule has 0 saturated heterocycles. The molecule has 0 radical (unpaired) electrons. The number of carbonyl (C=O) groups is 2. The van der Waals surface area contributed by atoms with Crippen LogP contribution in [-0.2, 0) is 17.6 Å². The van der Waals surface area contributed by atoms with Crippen molar-refractivity contribution < 1.29 is 19.2 Å². The van der Waals surface area contributed by atoms with E-state index in [0.29, 0.717) is 18.5 Å². The fourth-order valence-corrected chi connectivity index (χ4v) is 3.91. The molecule has 2 aliphatic carbocycles. The average molecular weight is 320 g/mol. The summed E-state index contributed by atoms with van der Waals surface area (Å²) in [6.07, 6.45) is 8.48. The Morgan fingerprint density at radius 3 is 2.43 bits per heavy atom. The second-order valence-corrected chi connectivity index (χ2v) is 6.76. The highest BCUT2D eigenvalue weighted by Gasteiger charge is 2.46. The highest BCUT2D eigenvalue weighted by atomic mass is 16.5. The van der Waals surface area contributed by atoms with Gasteiger partial charge in [-0.2, -0.15) is 0 Å². The molecule has 0 aromatic carbocycles. The molecule has 0 bridgehead atoms. The third-order valence-corrected chi connectivity index (χ3v) is 5.43. The SMILES string of the molecule is CN(C(=O)c1noc2c1CCCCC2)C1(C(=O)O)CCCCC1. The van der Waals surface area contributed by atoms with Crippen LogP contribution in [0.5, 0.6) is 0 Å². The number of hydrogen-bond acceptors (Lipinski definition) is 4. The van der Waals surface area contributed by atoms with E-state index >= 15 is 0 Å². The van der Waals surface area contributed by atoms with Crippen molar-refractivity contribution in [1.29, 1.82) is 0 Å². The van der Waals surface area contributed by atoms with Crippen LogP contribution < -0.4 is 0 Å². The first kappa shape index (κ1) is 16.0. The van der Waals surface area contributed by atoms with Crippen LogP contribution in [0.15, 0.2) is 4.52 Å². The zero-order valence-corrected chi connectivity index (χ0v) is 13.6. The summed E-state index contributed by atoms with van der Waals surface area (Å²) in [5, 5.41) is 13.7. The number of carboxylic acid groups (broad SMARTS) is 1. The molecule has 1 aromatic rings. The fourth-order valence-electron chi connectivity index (χ4n) is 3.91. The zero-order chi connectivity index (χ0) is 16.4. The summed E-state index contributed by atoms with van der Waals surface area (Å²) in [6, 6.07) is 0. The zero-order valence-electron chi connectivity index (χ0n) is 13.6. The summed E-state index contributed by atoms with van der Waals surface area (Å²) in [5.41, 5.74) is 0.0950. The van der Waals surface area contributed by atoms with E-state index in [0.717, 1.165) is 62.7 Å². The Kier molecular flexibility index (Phi) is 4.41. The number of amides is 1. The predicted molar refractivity (Wildman–Crippen MR) is 83.3 cm³/mol. The third kappa shape index (κ3) is 2.75. The van der Waals surface area contributed by atoms with Crippen LogP contribution in [-0.4, -0.2) is 39.6 Å². The Balaban J connectivity index is 1.90. The topological polar surface area (TPSA) is 83.6 Å². The monoisotopic (exact) mass is 320 g/mol. The number of likely N-dealkylation sites (N-methyl/N-ethyl adjacent to an activating group) is 1. The molecule has 1 fully saturated rings. The second kappa shape index (κ2) is 6.34. The molecule has 1 N–H and O–H groups in total. The molecule has 0 unspecified atom stereocenters. The molecule has 1 amide bonds. The molecular formula is C17H24N2O4. The van der Waals surface area contributed by atoms with Gasteiger partial charge in [-0.15, -0.1) is 0 Å². The van der Waals surface area contributed by atoms with Gasteiger partial charge in [-0.05, 0) is 32.1 Å². The lowest BCUT2D eigenvalue weighted by Gasteiger charge is -2.40. The number of aryl methyl sites for hydroxylation is 1. The van der Waals surface area contributed by atoms with Crippen LogP contribution in [0.2, 0.25) is 0 Å². The van der Waals surface area contributed by atoms with Crippen molar-refractivity contribution in [1.82, 2.24) is 10.1 Å². The minimum atomic E-state index is -1.11. The van der Waals surface area contributed by atoms with Gasteiger partial charge < -0.3 is 14.5 Å². The van der Waals surface area contributed by atoms with Gasteiger partial charge in [0.25, 0.3) is 5.91 Å². The van der Waals surface area contributed by atoms with E-state index < -0.39 is 11.5 Å². The normalized spacial score (nSPS) is 20.4. The van der Waals surface area contributed by atoms with Gasteiger partial charge in [0.15, 0.2) is 5.69 Å². The molecule has 1 heterocycles. The highest BCUT2D eigenvalue weighted by molar-refractivity contribution is 5.97. The summed E-state index contributed by atoms with van der Waals surface area (Å²) >= 11 is 0. The molecule has 1 saturated carbocycles. The average Bonchev–Trinajstić information content (AvgIpc) is 2.82. The van der Waals surface area contributed by atoms with E-state index in [9.17, 15) is 14.7 Å². The van der Waals surface area contributed by atoms with Gasteiger partial charge in [0, 0.05) is 19.0 Å². The maximum absolute atomic E-state index is 12.9. The summed E-state index contributed by atoms with van der Waals surface area (Å²) in [7, 11) is 1.60. The molecule has 6 heteroatoms. The number of fused-ring (bicyclic) bond motifs is 1. The minimum Gasteiger partial charge on any atom is -0.479 e. The van der Waals surface area contributed by atoms with E-state index in [1.807, 2.05) is 0 Å². The molecule has 0 atom stereocenters. The summed E-state index contributed by atoms with van der Waals surface area (Å²) in [5.74, 6) is -0.434. The molecule has 0 aliphatic heterocycles. The number of aliphatic carboxylic acids is 1. The van der Waals surface area contributed by atoms with E-state index in [2.05, 4.69) is 5.16 Å². The molecule has 23 heavy (non-hydrogen) atoms. The number of rotatable bonds is 3. The largest absolute Gasteiger partial charge is 0.479 e. The van der Waals surface area contributed by atoms with Crippen LogP contribution >= 0.6 is 0 Å². The van der Waals surface area contributed by atoms with Crippen molar-refractivity contribution >= 4 is 11.9 Å². The standard InChI is InChI=1S/C17H24N2O4/c1-19(17(16(21)22)10-6-3-7-11-17)15(20)14-12-8-4-2-5-9-13(12)23-18-14/h2-11H2,1H3,(H,21,22). The Labute approximate surface area is 135 Å². The Morgan fingerprint density at radius 1 is 1.09 bits per heavy atom. The lowest BCUT2D eigenvalue weighted by atomic mass is 9.80. The predicted octanol–water partition coefficient (Wildman–Crippen LogP) is 2.80. The van der Waals surface area contributed by atoms with Gasteiger partial charge in [-0.1, -0.05) is 30.8 Å². The lowest BCUT2D eigenvalue weighted by molar-refractivity contribution is -0.151. The van der Waals surface area contributed by atoms with Gasteiger partial charge in [0.2, 0.25) is 0 Å². The second-order valence-electron chi connectivity index (χ2n) is 6.76. The van der Waals surface area contributed by atoms with Crippen LogP contribution in [0.4, 0.5) is 0 Å². The highest BCUT2D eigenvalue weighted by Crippen LogP contribution is 2.35. The van der Waals surface area contributed by atoms with Crippen LogP contribution in [0, 0.1) is 0 Å². The molecule has 2 aliphatic rings. The summed E-state index contributed by atoms with van der Waals surface area (Å²) < 4.78 is 5.37. The van der Waals surface area contributed by atoms with Crippen molar-refractivity contribution in [3.63, 3.8) is 0 Å². The molecule has 6 nitrogen and oxygen atoms in total. The number of nitrogens with zero attached hydrogens (tertiary/aromatic N) is 2. The minimum absolute atomic E-state index is 0.315. The molecule has 0 spiro atoms. The number of carbonyl (C=O) groups excluding carboxylic acids is 1.